The van der Waals surface area contributed by atoms with Crippen molar-refractivity contribution in [3.63, 3.8) is 0 Å². The van der Waals surface area contributed by atoms with Gasteiger partial charge < -0.3 is 24.4 Å². The molecule has 0 radical (unpaired) electrons. The number of nitrogens with zero attached hydrogens (tertiary/aromatic N) is 3. The summed E-state index contributed by atoms with van der Waals surface area (Å²) < 4.78 is 7.18. The van der Waals surface area contributed by atoms with E-state index in [-0.39, 0.29) is 24.4 Å². The number of anilines is 1. The molecule has 0 bridgehead atoms. The van der Waals surface area contributed by atoms with Crippen LogP contribution in [0.5, 0.6) is 5.75 Å². The molecule has 1 N–H and O–H groups in total. The standard InChI is InChI=1S/C24H36N4O3/c1-6-7-15-27(17-21-9-8-14-26(21)4)23(29)18-28(16-19(2)3)24(30)25-20-10-12-22(31-5)13-11-20/h8-14,19H,6-7,15-18H2,1-5H3,(H,25,30). The van der Waals surface area contributed by atoms with Gasteiger partial charge in [0.25, 0.3) is 0 Å². The molecule has 0 aliphatic heterocycles. The molecule has 0 atom stereocenters. The number of nitrogens with one attached hydrogen (secondary N) is 1. The van der Waals surface area contributed by atoms with E-state index in [0.717, 1.165) is 24.3 Å². The number of unbranched alkanes of at least 4 members (excludes halogenated alkanes) is 1. The normalized spacial score (nSPS) is 10.8. The van der Waals surface area contributed by atoms with Gasteiger partial charge in [0.1, 0.15) is 12.3 Å². The molecule has 0 aliphatic rings. The lowest BCUT2D eigenvalue weighted by Gasteiger charge is -2.29. The highest BCUT2D eigenvalue weighted by Crippen LogP contribution is 2.16. The number of benzene rings is 1. The van der Waals surface area contributed by atoms with E-state index in [1.165, 1.54) is 0 Å². The molecule has 0 spiro atoms. The highest BCUT2D eigenvalue weighted by atomic mass is 16.5. The van der Waals surface area contributed by atoms with Crippen LogP contribution in [-0.4, -0.2) is 53.0 Å². The molecule has 0 aliphatic carbocycles. The van der Waals surface area contributed by atoms with E-state index < -0.39 is 0 Å². The van der Waals surface area contributed by atoms with Crippen LogP contribution in [0.3, 0.4) is 0 Å². The van der Waals surface area contributed by atoms with Gasteiger partial charge in [-0.25, -0.2) is 4.79 Å². The van der Waals surface area contributed by atoms with E-state index in [0.29, 0.717) is 25.3 Å². The minimum atomic E-state index is -0.276. The molecule has 0 unspecified atom stereocenters. The summed E-state index contributed by atoms with van der Waals surface area (Å²) >= 11 is 0. The maximum Gasteiger partial charge on any atom is 0.322 e. The number of hydrogen-bond donors (Lipinski definition) is 1. The molecular formula is C24H36N4O3. The number of urea groups is 1. The lowest BCUT2D eigenvalue weighted by atomic mass is 10.2. The Morgan fingerprint density at radius 1 is 1.13 bits per heavy atom. The number of hydrogen-bond acceptors (Lipinski definition) is 3. The van der Waals surface area contributed by atoms with Gasteiger partial charge in [0.05, 0.1) is 13.7 Å². The van der Waals surface area contributed by atoms with E-state index >= 15 is 0 Å². The molecule has 170 valence electrons. The molecule has 2 rings (SSSR count). The molecule has 3 amide bonds. The Labute approximate surface area is 186 Å². The van der Waals surface area contributed by atoms with Crippen LogP contribution in [0.25, 0.3) is 0 Å². The van der Waals surface area contributed by atoms with Gasteiger partial charge in [0, 0.05) is 37.7 Å². The Morgan fingerprint density at radius 3 is 2.39 bits per heavy atom. The molecular weight excluding hydrogens is 392 g/mol. The lowest BCUT2D eigenvalue weighted by molar-refractivity contribution is -0.132. The zero-order chi connectivity index (χ0) is 22.8. The van der Waals surface area contributed by atoms with Gasteiger partial charge in [-0.3, -0.25) is 4.79 Å². The van der Waals surface area contributed by atoms with Crippen LogP contribution < -0.4 is 10.1 Å². The number of carbonyl (C=O) groups excluding carboxylic acids is 2. The van der Waals surface area contributed by atoms with Gasteiger partial charge >= 0.3 is 6.03 Å². The first-order valence-electron chi connectivity index (χ1n) is 10.9. The second-order valence-electron chi connectivity index (χ2n) is 8.21. The largest absolute Gasteiger partial charge is 0.497 e. The summed E-state index contributed by atoms with van der Waals surface area (Å²) in [6.07, 6.45) is 3.91. The summed E-state index contributed by atoms with van der Waals surface area (Å²) in [6.45, 7) is 7.95. The monoisotopic (exact) mass is 428 g/mol. The fourth-order valence-electron chi connectivity index (χ4n) is 3.30. The van der Waals surface area contributed by atoms with Crippen LogP contribution in [0.1, 0.15) is 39.3 Å². The number of carbonyl (C=O) groups is 2. The number of rotatable bonds is 11. The molecule has 0 fully saturated rings. The first-order valence-corrected chi connectivity index (χ1v) is 10.9. The van der Waals surface area contributed by atoms with Gasteiger partial charge in [0.15, 0.2) is 0 Å². The fraction of sp³-hybridized carbons (Fsp3) is 0.500. The first kappa shape index (κ1) is 24.3. The van der Waals surface area contributed by atoms with Gasteiger partial charge in [-0.2, -0.15) is 0 Å². The third-order valence-electron chi connectivity index (χ3n) is 5.08. The molecule has 0 saturated carbocycles. The quantitative estimate of drug-likeness (QED) is 0.578. The van der Waals surface area contributed by atoms with Gasteiger partial charge in [-0.15, -0.1) is 0 Å². The highest BCUT2D eigenvalue weighted by Gasteiger charge is 2.22. The van der Waals surface area contributed by atoms with Crippen molar-refractivity contribution in [3.05, 3.63) is 48.3 Å². The second-order valence-corrected chi connectivity index (χ2v) is 8.21. The molecule has 31 heavy (non-hydrogen) atoms. The summed E-state index contributed by atoms with van der Waals surface area (Å²) in [5.74, 6) is 0.922. The highest BCUT2D eigenvalue weighted by molar-refractivity contribution is 5.92. The summed E-state index contributed by atoms with van der Waals surface area (Å²) in [5.41, 5.74) is 1.74. The zero-order valence-corrected chi connectivity index (χ0v) is 19.4. The average Bonchev–Trinajstić information content (AvgIpc) is 3.15. The Balaban J connectivity index is 2.10. The van der Waals surface area contributed by atoms with Crippen molar-refractivity contribution in [2.45, 2.75) is 40.2 Å². The summed E-state index contributed by atoms with van der Waals surface area (Å²) in [5, 5.41) is 2.90. The van der Waals surface area contributed by atoms with Crippen molar-refractivity contribution < 1.29 is 14.3 Å². The van der Waals surface area contributed by atoms with Gasteiger partial charge in [-0.1, -0.05) is 27.2 Å². The van der Waals surface area contributed by atoms with Crippen molar-refractivity contribution in [1.82, 2.24) is 14.4 Å². The topological polar surface area (TPSA) is 66.8 Å². The number of ether oxygens (including phenoxy) is 1. The SMILES string of the molecule is CCCCN(Cc1cccn1C)C(=O)CN(CC(C)C)C(=O)Nc1ccc(OC)cc1. The van der Waals surface area contributed by atoms with Gasteiger partial charge in [0.2, 0.25) is 5.91 Å². The van der Waals surface area contributed by atoms with Crippen LogP contribution >= 0.6 is 0 Å². The van der Waals surface area contributed by atoms with E-state index in [1.807, 2.05) is 48.7 Å². The predicted octanol–water partition coefficient (Wildman–Crippen LogP) is 4.35. The molecule has 1 aromatic carbocycles. The number of aromatic nitrogens is 1. The Hall–Kier alpha value is -2.96. The van der Waals surface area contributed by atoms with Crippen LogP contribution in [0.15, 0.2) is 42.6 Å². The van der Waals surface area contributed by atoms with Crippen molar-refractivity contribution in [1.29, 1.82) is 0 Å². The second kappa shape index (κ2) is 12.0. The first-order chi connectivity index (χ1) is 14.8. The zero-order valence-electron chi connectivity index (χ0n) is 19.4. The Kier molecular flexibility index (Phi) is 9.43. The van der Waals surface area contributed by atoms with Crippen molar-refractivity contribution >= 4 is 17.6 Å². The number of amides is 3. The molecule has 7 nitrogen and oxygen atoms in total. The Bertz CT molecular complexity index is 830. The third-order valence-corrected chi connectivity index (χ3v) is 5.08. The molecule has 1 heterocycles. The summed E-state index contributed by atoms with van der Waals surface area (Å²) in [7, 11) is 3.58. The van der Waals surface area contributed by atoms with Gasteiger partial charge in [-0.05, 0) is 48.7 Å². The molecule has 0 saturated heterocycles. The average molecular weight is 429 g/mol. The summed E-state index contributed by atoms with van der Waals surface area (Å²) in [4.78, 5) is 29.6. The van der Waals surface area contributed by atoms with Crippen molar-refractivity contribution in [2.75, 3.05) is 32.1 Å². The van der Waals surface area contributed by atoms with Crippen molar-refractivity contribution in [2.24, 2.45) is 13.0 Å². The lowest BCUT2D eigenvalue weighted by Crippen LogP contribution is -2.46. The van der Waals surface area contributed by atoms with Crippen LogP contribution in [-0.2, 0) is 18.4 Å². The smallest absolute Gasteiger partial charge is 0.322 e. The maximum absolute atomic E-state index is 13.2. The van der Waals surface area contributed by atoms with E-state index in [4.69, 9.17) is 4.74 Å². The number of methoxy groups -OCH3 is 1. The third kappa shape index (κ3) is 7.66. The number of aryl methyl sites for hydroxylation is 1. The summed E-state index contributed by atoms with van der Waals surface area (Å²) in [6, 6.07) is 10.9. The van der Waals surface area contributed by atoms with Crippen LogP contribution in [0.2, 0.25) is 0 Å². The van der Waals surface area contributed by atoms with Crippen molar-refractivity contribution in [3.8, 4) is 5.75 Å². The Morgan fingerprint density at radius 2 is 1.84 bits per heavy atom. The predicted molar refractivity (Wildman–Crippen MR) is 124 cm³/mol. The van der Waals surface area contributed by atoms with E-state index in [2.05, 4.69) is 12.2 Å². The van der Waals surface area contributed by atoms with Crippen LogP contribution in [0.4, 0.5) is 10.5 Å². The van der Waals surface area contributed by atoms with E-state index in [9.17, 15) is 9.59 Å². The maximum atomic E-state index is 13.2. The minimum Gasteiger partial charge on any atom is -0.497 e. The molecule has 1 aromatic heterocycles. The van der Waals surface area contributed by atoms with Crippen LogP contribution in [0, 0.1) is 5.92 Å². The minimum absolute atomic E-state index is 0.0415. The fourth-order valence-corrected chi connectivity index (χ4v) is 3.30. The molecule has 2 aromatic rings. The molecule has 7 heteroatoms. The van der Waals surface area contributed by atoms with E-state index in [1.54, 1.807) is 36.3 Å².